The molecule has 0 heterocycles. The van der Waals surface area contributed by atoms with Crippen LogP contribution in [0.5, 0.6) is 5.75 Å². The molecule has 0 radical (unpaired) electrons. The maximum absolute atomic E-state index is 12.7. The third kappa shape index (κ3) is 9.88. The number of hydrogen-bond donors (Lipinski definition) is 1. The van der Waals surface area contributed by atoms with E-state index in [1.165, 1.54) is 19.3 Å². The number of carbonyl (C=O) groups excluding carboxylic acids is 2. The van der Waals surface area contributed by atoms with Gasteiger partial charge in [0.2, 0.25) is 0 Å². The smallest absolute Gasteiger partial charge is 0.333 e. The Kier molecular flexibility index (Phi) is 14.1. The first kappa shape index (κ1) is 30.9. The topological polar surface area (TPSA) is 67.9 Å². The Bertz CT molecular complexity index is 1050. The van der Waals surface area contributed by atoms with Gasteiger partial charge in [0.25, 0.3) is 0 Å². The van der Waals surface area contributed by atoms with E-state index < -0.39 is 0 Å². The number of nitrogens with zero attached hydrogens (tertiary/aromatic N) is 1. The Balaban J connectivity index is 2.26. The van der Waals surface area contributed by atoms with E-state index in [1.54, 1.807) is 11.9 Å². The van der Waals surface area contributed by atoms with Crippen LogP contribution in [0.3, 0.4) is 0 Å². The summed E-state index contributed by atoms with van der Waals surface area (Å²) < 4.78 is 11.4. The van der Waals surface area contributed by atoms with Gasteiger partial charge in [-0.15, -0.1) is 0 Å². The SMILES string of the molecule is CCCCCCCNC(=O)N(C)c1cccc(-c2ccc(C=C(CC)C(=O)OCC)cc2OCCCC)c1. The van der Waals surface area contributed by atoms with Crippen molar-refractivity contribution in [1.82, 2.24) is 5.32 Å². The van der Waals surface area contributed by atoms with Crippen LogP contribution in [0.4, 0.5) is 10.5 Å². The molecule has 0 atom stereocenters. The van der Waals surface area contributed by atoms with Crippen LogP contribution in [0.1, 0.15) is 84.6 Å². The molecule has 6 heteroatoms. The molecule has 0 aliphatic carbocycles. The zero-order chi connectivity index (χ0) is 27.8. The molecule has 2 rings (SSSR count). The highest BCUT2D eigenvalue weighted by Gasteiger charge is 2.14. The molecule has 0 fully saturated rings. The fourth-order valence-corrected chi connectivity index (χ4v) is 4.09. The molecule has 0 aromatic heterocycles. The first-order chi connectivity index (χ1) is 18.4. The summed E-state index contributed by atoms with van der Waals surface area (Å²) in [4.78, 5) is 26.7. The maximum Gasteiger partial charge on any atom is 0.333 e. The summed E-state index contributed by atoms with van der Waals surface area (Å²) in [5.74, 6) is 0.463. The Labute approximate surface area is 229 Å². The Hall–Kier alpha value is -3.28. The third-order valence-corrected chi connectivity index (χ3v) is 6.43. The minimum atomic E-state index is -0.289. The second-order valence-electron chi connectivity index (χ2n) is 9.46. The highest BCUT2D eigenvalue weighted by molar-refractivity contribution is 5.94. The van der Waals surface area contributed by atoms with Crippen LogP contribution >= 0.6 is 0 Å². The molecule has 6 nitrogen and oxygen atoms in total. The lowest BCUT2D eigenvalue weighted by Crippen LogP contribution is -2.37. The van der Waals surface area contributed by atoms with Crippen LogP contribution in [0.25, 0.3) is 17.2 Å². The molecule has 0 aliphatic rings. The first-order valence-electron chi connectivity index (χ1n) is 14.2. The molecule has 0 saturated carbocycles. The number of rotatable bonds is 16. The van der Waals surface area contributed by atoms with E-state index in [0.717, 1.165) is 53.8 Å². The summed E-state index contributed by atoms with van der Waals surface area (Å²) in [7, 11) is 1.79. The molecule has 208 valence electrons. The van der Waals surface area contributed by atoms with Crippen molar-refractivity contribution in [2.45, 2.75) is 79.1 Å². The van der Waals surface area contributed by atoms with Gasteiger partial charge in [-0.25, -0.2) is 9.59 Å². The predicted molar refractivity (Wildman–Crippen MR) is 158 cm³/mol. The number of esters is 1. The summed E-state index contributed by atoms with van der Waals surface area (Å²) in [6.45, 7) is 9.72. The first-order valence-corrected chi connectivity index (χ1v) is 14.2. The average Bonchev–Trinajstić information content (AvgIpc) is 2.93. The van der Waals surface area contributed by atoms with Gasteiger partial charge in [0.1, 0.15) is 5.75 Å². The summed E-state index contributed by atoms with van der Waals surface area (Å²) in [6.07, 6.45) is 10.2. The fraction of sp³-hybridized carbons (Fsp3) is 0.500. The second kappa shape index (κ2) is 17.3. The van der Waals surface area contributed by atoms with E-state index in [0.29, 0.717) is 31.8 Å². The van der Waals surface area contributed by atoms with Gasteiger partial charge in [0, 0.05) is 30.4 Å². The van der Waals surface area contributed by atoms with E-state index >= 15 is 0 Å². The van der Waals surface area contributed by atoms with Gasteiger partial charge >= 0.3 is 12.0 Å². The van der Waals surface area contributed by atoms with Crippen molar-refractivity contribution in [2.75, 3.05) is 31.7 Å². The molecular weight excluding hydrogens is 476 g/mol. The number of nitrogens with one attached hydrogen (secondary N) is 1. The summed E-state index contributed by atoms with van der Waals surface area (Å²) in [5, 5.41) is 3.03. The van der Waals surface area contributed by atoms with E-state index in [4.69, 9.17) is 9.47 Å². The molecule has 0 aliphatic heterocycles. The zero-order valence-electron chi connectivity index (χ0n) is 24.0. The Morgan fingerprint density at radius 3 is 2.39 bits per heavy atom. The predicted octanol–water partition coefficient (Wildman–Crippen LogP) is 8.01. The number of carbonyl (C=O) groups is 2. The summed E-state index contributed by atoms with van der Waals surface area (Å²) in [5.41, 5.74) is 4.23. The number of ether oxygens (including phenoxy) is 2. The van der Waals surface area contributed by atoms with Gasteiger partial charge in [-0.2, -0.15) is 0 Å². The molecule has 1 N–H and O–H groups in total. The minimum absolute atomic E-state index is 0.108. The lowest BCUT2D eigenvalue weighted by molar-refractivity contribution is -0.138. The molecule has 0 spiro atoms. The van der Waals surface area contributed by atoms with Crippen molar-refractivity contribution in [3.05, 3.63) is 53.6 Å². The van der Waals surface area contributed by atoms with Gasteiger partial charge < -0.3 is 14.8 Å². The number of anilines is 1. The van der Waals surface area contributed by atoms with Gasteiger partial charge in [-0.1, -0.05) is 77.1 Å². The Morgan fingerprint density at radius 1 is 0.921 bits per heavy atom. The van der Waals surface area contributed by atoms with Crippen molar-refractivity contribution < 1.29 is 19.1 Å². The quantitative estimate of drug-likeness (QED) is 0.138. The number of benzene rings is 2. The van der Waals surface area contributed by atoms with Crippen LogP contribution in [0.15, 0.2) is 48.0 Å². The molecule has 38 heavy (non-hydrogen) atoms. The van der Waals surface area contributed by atoms with Crippen molar-refractivity contribution in [2.24, 2.45) is 0 Å². The van der Waals surface area contributed by atoms with Gasteiger partial charge in [0.05, 0.1) is 13.2 Å². The molecule has 2 aromatic rings. The molecule has 0 bridgehead atoms. The van der Waals surface area contributed by atoms with Gasteiger partial charge in [0.15, 0.2) is 0 Å². The maximum atomic E-state index is 12.7. The van der Waals surface area contributed by atoms with Crippen LogP contribution in [-0.2, 0) is 9.53 Å². The molecule has 2 amide bonds. The third-order valence-electron chi connectivity index (χ3n) is 6.43. The van der Waals surface area contributed by atoms with Crippen molar-refractivity contribution >= 4 is 23.8 Å². The van der Waals surface area contributed by atoms with Gasteiger partial charge in [-0.3, -0.25) is 4.90 Å². The van der Waals surface area contributed by atoms with Crippen molar-refractivity contribution in [3.8, 4) is 16.9 Å². The monoisotopic (exact) mass is 522 g/mol. The largest absolute Gasteiger partial charge is 0.493 e. The lowest BCUT2D eigenvalue weighted by Gasteiger charge is -2.20. The van der Waals surface area contributed by atoms with Crippen LogP contribution < -0.4 is 15.0 Å². The summed E-state index contributed by atoms with van der Waals surface area (Å²) >= 11 is 0. The average molecular weight is 523 g/mol. The fourth-order valence-electron chi connectivity index (χ4n) is 4.09. The highest BCUT2D eigenvalue weighted by Crippen LogP contribution is 2.34. The van der Waals surface area contributed by atoms with Crippen molar-refractivity contribution in [3.63, 3.8) is 0 Å². The molecule has 0 unspecified atom stereocenters. The number of urea groups is 1. The van der Waals surface area contributed by atoms with Crippen molar-refractivity contribution in [1.29, 1.82) is 0 Å². The van der Waals surface area contributed by atoms with E-state index in [-0.39, 0.29) is 12.0 Å². The van der Waals surface area contributed by atoms with E-state index in [2.05, 4.69) is 19.2 Å². The van der Waals surface area contributed by atoms with Crippen LogP contribution in [0.2, 0.25) is 0 Å². The Morgan fingerprint density at radius 2 is 1.68 bits per heavy atom. The number of hydrogen-bond acceptors (Lipinski definition) is 4. The normalized spacial score (nSPS) is 11.2. The number of amides is 2. The van der Waals surface area contributed by atoms with Crippen LogP contribution in [0, 0.1) is 0 Å². The second-order valence-corrected chi connectivity index (χ2v) is 9.46. The lowest BCUT2D eigenvalue weighted by atomic mass is 10.0. The zero-order valence-corrected chi connectivity index (χ0v) is 24.0. The van der Waals surface area contributed by atoms with E-state index in [9.17, 15) is 9.59 Å². The number of unbranched alkanes of at least 4 members (excludes halogenated alkanes) is 5. The summed E-state index contributed by atoms with van der Waals surface area (Å²) in [6, 6.07) is 13.8. The van der Waals surface area contributed by atoms with E-state index in [1.807, 2.05) is 62.4 Å². The van der Waals surface area contributed by atoms with Crippen LogP contribution in [-0.4, -0.2) is 38.8 Å². The van der Waals surface area contributed by atoms with Gasteiger partial charge in [-0.05, 0) is 61.6 Å². The standard InChI is InChI=1S/C32H46N2O4/c1-6-10-12-13-14-20-33-32(36)34(5)28-17-15-16-27(24-28)29-19-18-25(23-30(29)38-21-11-7-2)22-26(8-3)31(35)37-9-4/h15-19,22-24H,6-14,20-21H2,1-5H3,(H,33,36). The molecule has 0 saturated heterocycles. The molecular formula is C32H46N2O4. The highest BCUT2D eigenvalue weighted by atomic mass is 16.5. The minimum Gasteiger partial charge on any atom is -0.493 e. The molecule has 2 aromatic carbocycles.